The number of hydrogen-bond acceptors (Lipinski definition) is 3. The number of carbonyl (C=O) groups excluding carboxylic acids is 2. The highest BCUT2D eigenvalue weighted by Gasteiger charge is 2.30. The molecule has 1 aliphatic rings. The fourth-order valence-electron chi connectivity index (χ4n) is 3.12. The van der Waals surface area contributed by atoms with Crippen molar-refractivity contribution in [3.05, 3.63) is 35.9 Å². The average Bonchev–Trinajstić information content (AvgIpc) is 2.59. The lowest BCUT2D eigenvalue weighted by Gasteiger charge is -2.39. The summed E-state index contributed by atoms with van der Waals surface area (Å²) in [5.74, 6) is 0.0873. The molecule has 1 atom stereocenters. The third-order valence-electron chi connectivity index (χ3n) is 4.35. The molecule has 1 aromatic carbocycles. The number of amides is 2. The van der Waals surface area contributed by atoms with Crippen LogP contribution < -0.4 is 5.73 Å². The van der Waals surface area contributed by atoms with Gasteiger partial charge in [0.15, 0.2) is 0 Å². The zero-order chi connectivity index (χ0) is 16.8. The molecule has 5 nitrogen and oxygen atoms in total. The molecular formula is C18H27N3O2. The molecule has 1 aliphatic heterocycles. The molecule has 2 N–H and O–H groups in total. The Morgan fingerprint density at radius 1 is 1.26 bits per heavy atom. The van der Waals surface area contributed by atoms with Crippen molar-refractivity contribution in [2.45, 2.75) is 45.2 Å². The quantitative estimate of drug-likeness (QED) is 0.901. The van der Waals surface area contributed by atoms with Crippen LogP contribution >= 0.6 is 0 Å². The van der Waals surface area contributed by atoms with E-state index < -0.39 is 6.04 Å². The maximum absolute atomic E-state index is 12.5. The lowest BCUT2D eigenvalue weighted by atomic mass is 10.0. The van der Waals surface area contributed by atoms with Gasteiger partial charge in [-0.2, -0.15) is 0 Å². The summed E-state index contributed by atoms with van der Waals surface area (Å²) in [6.45, 7) is 5.90. The third-order valence-corrected chi connectivity index (χ3v) is 4.35. The SMILES string of the molecule is CCCN(C(=O)[C@H](C)N)C1CCN(C(=O)c2ccccc2)CC1. The maximum Gasteiger partial charge on any atom is 0.253 e. The summed E-state index contributed by atoms with van der Waals surface area (Å²) in [6.07, 6.45) is 2.55. The first kappa shape index (κ1) is 17.5. The minimum absolute atomic E-state index is 0.0136. The minimum Gasteiger partial charge on any atom is -0.338 e. The molecular weight excluding hydrogens is 290 g/mol. The van der Waals surface area contributed by atoms with Crippen molar-refractivity contribution in [3.8, 4) is 0 Å². The van der Waals surface area contributed by atoms with Crippen molar-refractivity contribution in [1.29, 1.82) is 0 Å². The van der Waals surface area contributed by atoms with Crippen LogP contribution in [0, 0.1) is 0 Å². The highest BCUT2D eigenvalue weighted by molar-refractivity contribution is 5.94. The molecule has 0 radical (unpaired) electrons. The molecule has 126 valence electrons. The van der Waals surface area contributed by atoms with Crippen LogP contribution in [0.1, 0.15) is 43.5 Å². The summed E-state index contributed by atoms with van der Waals surface area (Å²) < 4.78 is 0. The summed E-state index contributed by atoms with van der Waals surface area (Å²) in [7, 11) is 0. The van der Waals surface area contributed by atoms with Gasteiger partial charge in [0.25, 0.3) is 5.91 Å². The van der Waals surface area contributed by atoms with Gasteiger partial charge in [0, 0.05) is 31.2 Å². The number of piperidine rings is 1. The Hall–Kier alpha value is -1.88. The van der Waals surface area contributed by atoms with Gasteiger partial charge in [-0.15, -0.1) is 0 Å². The normalized spacial score (nSPS) is 16.9. The van der Waals surface area contributed by atoms with Gasteiger partial charge >= 0.3 is 0 Å². The monoisotopic (exact) mass is 317 g/mol. The fourth-order valence-corrected chi connectivity index (χ4v) is 3.12. The molecule has 0 aliphatic carbocycles. The van der Waals surface area contributed by atoms with Crippen molar-refractivity contribution < 1.29 is 9.59 Å². The molecule has 1 aromatic rings. The van der Waals surface area contributed by atoms with Gasteiger partial charge in [0.05, 0.1) is 6.04 Å². The second-order valence-corrected chi connectivity index (χ2v) is 6.21. The summed E-state index contributed by atoms with van der Waals surface area (Å²) in [6, 6.07) is 9.08. The summed E-state index contributed by atoms with van der Waals surface area (Å²) in [5, 5.41) is 0. The molecule has 0 bridgehead atoms. The van der Waals surface area contributed by atoms with E-state index in [1.165, 1.54) is 0 Å². The van der Waals surface area contributed by atoms with E-state index in [1.807, 2.05) is 40.1 Å². The zero-order valence-corrected chi connectivity index (χ0v) is 14.1. The van der Waals surface area contributed by atoms with E-state index in [0.29, 0.717) is 13.1 Å². The predicted octanol–water partition coefficient (Wildman–Crippen LogP) is 1.88. The lowest BCUT2D eigenvalue weighted by Crippen LogP contribution is -2.52. The van der Waals surface area contributed by atoms with E-state index in [9.17, 15) is 9.59 Å². The van der Waals surface area contributed by atoms with Gasteiger partial charge in [-0.05, 0) is 38.3 Å². The Balaban J connectivity index is 1.96. The van der Waals surface area contributed by atoms with Crippen LogP contribution in [0.15, 0.2) is 30.3 Å². The van der Waals surface area contributed by atoms with Crippen molar-refractivity contribution in [2.24, 2.45) is 5.73 Å². The maximum atomic E-state index is 12.5. The van der Waals surface area contributed by atoms with Crippen LogP contribution in [0.25, 0.3) is 0 Å². The van der Waals surface area contributed by atoms with Crippen molar-refractivity contribution in [1.82, 2.24) is 9.80 Å². The van der Waals surface area contributed by atoms with Gasteiger partial charge in [-0.25, -0.2) is 0 Å². The number of likely N-dealkylation sites (tertiary alicyclic amines) is 1. The number of nitrogens with two attached hydrogens (primary N) is 1. The Kier molecular flexibility index (Phi) is 6.16. The first-order valence-corrected chi connectivity index (χ1v) is 8.45. The van der Waals surface area contributed by atoms with E-state index in [1.54, 1.807) is 6.92 Å². The number of carbonyl (C=O) groups is 2. The average molecular weight is 317 g/mol. The smallest absolute Gasteiger partial charge is 0.253 e. The molecule has 0 spiro atoms. The van der Waals surface area contributed by atoms with Crippen molar-refractivity contribution >= 4 is 11.8 Å². The van der Waals surface area contributed by atoms with E-state index in [2.05, 4.69) is 6.92 Å². The highest BCUT2D eigenvalue weighted by Crippen LogP contribution is 2.19. The second kappa shape index (κ2) is 8.11. The minimum atomic E-state index is -0.467. The Morgan fingerprint density at radius 3 is 2.39 bits per heavy atom. The molecule has 23 heavy (non-hydrogen) atoms. The number of benzene rings is 1. The summed E-state index contributed by atoms with van der Waals surface area (Å²) >= 11 is 0. The Morgan fingerprint density at radius 2 is 1.87 bits per heavy atom. The van der Waals surface area contributed by atoms with Gasteiger partial charge in [-0.3, -0.25) is 9.59 Å². The van der Waals surface area contributed by atoms with Crippen molar-refractivity contribution in [2.75, 3.05) is 19.6 Å². The molecule has 0 aromatic heterocycles. The fraction of sp³-hybridized carbons (Fsp3) is 0.556. The molecule has 1 heterocycles. The Bertz CT molecular complexity index is 522. The van der Waals surface area contributed by atoms with E-state index in [0.717, 1.165) is 31.4 Å². The van der Waals surface area contributed by atoms with Crippen molar-refractivity contribution in [3.63, 3.8) is 0 Å². The van der Waals surface area contributed by atoms with Crippen LogP contribution in [-0.4, -0.2) is 53.3 Å². The van der Waals surface area contributed by atoms with Gasteiger partial charge in [0.1, 0.15) is 0 Å². The number of nitrogens with zero attached hydrogens (tertiary/aromatic N) is 2. The molecule has 2 amide bonds. The molecule has 5 heteroatoms. The van der Waals surface area contributed by atoms with Crippen LogP contribution in [0.5, 0.6) is 0 Å². The largest absolute Gasteiger partial charge is 0.338 e. The molecule has 2 rings (SSSR count). The third kappa shape index (κ3) is 4.32. The molecule has 0 unspecified atom stereocenters. The van der Waals surface area contributed by atoms with Crippen LogP contribution in [0.3, 0.4) is 0 Å². The van der Waals surface area contributed by atoms with E-state index >= 15 is 0 Å². The first-order chi connectivity index (χ1) is 11.0. The second-order valence-electron chi connectivity index (χ2n) is 6.21. The van der Waals surface area contributed by atoms with E-state index in [-0.39, 0.29) is 17.9 Å². The number of hydrogen-bond donors (Lipinski definition) is 1. The van der Waals surface area contributed by atoms with Gasteiger partial charge in [-0.1, -0.05) is 25.1 Å². The molecule has 0 saturated carbocycles. The van der Waals surface area contributed by atoms with Crippen LogP contribution in [0.4, 0.5) is 0 Å². The van der Waals surface area contributed by atoms with Gasteiger partial charge < -0.3 is 15.5 Å². The molecule has 1 fully saturated rings. The summed E-state index contributed by atoms with van der Waals surface area (Å²) in [5.41, 5.74) is 6.49. The molecule has 1 saturated heterocycles. The Labute approximate surface area is 138 Å². The number of rotatable bonds is 5. The van der Waals surface area contributed by atoms with Crippen LogP contribution in [-0.2, 0) is 4.79 Å². The van der Waals surface area contributed by atoms with Gasteiger partial charge in [0.2, 0.25) is 5.91 Å². The van der Waals surface area contributed by atoms with E-state index in [4.69, 9.17) is 5.73 Å². The summed E-state index contributed by atoms with van der Waals surface area (Å²) in [4.78, 5) is 28.6. The first-order valence-electron chi connectivity index (χ1n) is 8.45. The standard InChI is InChI=1S/C18H27N3O2/c1-3-11-21(17(22)14(2)19)16-9-12-20(13-10-16)18(23)15-7-5-4-6-8-15/h4-8,14,16H,3,9-13,19H2,1-2H3/t14-/m0/s1. The lowest BCUT2D eigenvalue weighted by molar-refractivity contribution is -0.135. The predicted molar refractivity (Wildman–Crippen MR) is 91.0 cm³/mol. The topological polar surface area (TPSA) is 66.6 Å². The zero-order valence-electron chi connectivity index (χ0n) is 14.1. The van der Waals surface area contributed by atoms with Crippen LogP contribution in [0.2, 0.25) is 0 Å². The highest BCUT2D eigenvalue weighted by atomic mass is 16.2.